The summed E-state index contributed by atoms with van der Waals surface area (Å²) in [6.45, 7) is 5.49. The third kappa shape index (κ3) is 4.70. The zero-order valence-electron chi connectivity index (χ0n) is 15.9. The first-order valence-corrected chi connectivity index (χ1v) is 9.09. The number of nitrogens with zero attached hydrogens (tertiary/aromatic N) is 1. The van der Waals surface area contributed by atoms with Crippen LogP contribution in [-0.4, -0.2) is 31.2 Å². The van der Waals surface area contributed by atoms with Gasteiger partial charge in [-0.3, -0.25) is 0 Å². The van der Waals surface area contributed by atoms with Crippen LogP contribution in [0.2, 0.25) is 0 Å². The molecule has 0 radical (unpaired) electrons. The topological polar surface area (TPSA) is 50.8 Å². The van der Waals surface area contributed by atoms with Gasteiger partial charge < -0.3 is 19.7 Å². The number of urea groups is 1. The van der Waals surface area contributed by atoms with Gasteiger partial charge in [0.25, 0.3) is 0 Å². The highest BCUT2D eigenvalue weighted by atomic mass is 19.1. The molecule has 3 rings (SSSR count). The highest BCUT2D eigenvalue weighted by Gasteiger charge is 2.23. The summed E-state index contributed by atoms with van der Waals surface area (Å²) >= 11 is 0. The Morgan fingerprint density at radius 2 is 1.89 bits per heavy atom. The molecule has 1 atom stereocenters. The molecule has 27 heavy (non-hydrogen) atoms. The van der Waals surface area contributed by atoms with Crippen molar-refractivity contribution in [3.63, 3.8) is 0 Å². The van der Waals surface area contributed by atoms with Gasteiger partial charge >= 0.3 is 6.03 Å². The minimum absolute atomic E-state index is 0.178. The molecule has 6 heteroatoms. The molecule has 0 aromatic heterocycles. The number of ether oxygens (including phenoxy) is 2. The molecular weight excluding hydrogens is 347 g/mol. The van der Waals surface area contributed by atoms with Crippen LogP contribution in [0.4, 0.5) is 9.18 Å². The zero-order chi connectivity index (χ0) is 19.4. The Labute approximate surface area is 159 Å². The van der Waals surface area contributed by atoms with E-state index in [1.807, 2.05) is 32.0 Å². The van der Waals surface area contributed by atoms with E-state index >= 15 is 0 Å². The summed E-state index contributed by atoms with van der Waals surface area (Å²) in [6, 6.07) is 11.6. The molecule has 0 aliphatic carbocycles. The maximum absolute atomic E-state index is 13.4. The predicted octanol–water partition coefficient (Wildman–Crippen LogP) is 4.14. The maximum atomic E-state index is 13.4. The van der Waals surface area contributed by atoms with E-state index in [-0.39, 0.29) is 23.8 Å². The van der Waals surface area contributed by atoms with Crippen LogP contribution in [-0.2, 0) is 6.54 Å². The third-order valence-electron chi connectivity index (χ3n) is 4.53. The van der Waals surface area contributed by atoms with Crippen LogP contribution < -0.4 is 14.8 Å². The summed E-state index contributed by atoms with van der Waals surface area (Å²) in [6.07, 6.45) is 0. The van der Waals surface area contributed by atoms with Crippen LogP contribution in [0.3, 0.4) is 0 Å². The van der Waals surface area contributed by atoms with Crippen molar-refractivity contribution in [3.8, 4) is 11.5 Å². The summed E-state index contributed by atoms with van der Waals surface area (Å²) in [5, 5.41) is 3.07. The minimum atomic E-state index is -0.308. The molecule has 2 aromatic rings. The van der Waals surface area contributed by atoms with Gasteiger partial charge in [-0.25, -0.2) is 9.18 Å². The van der Waals surface area contributed by atoms with Gasteiger partial charge in [-0.1, -0.05) is 32.0 Å². The molecule has 0 bridgehead atoms. The van der Waals surface area contributed by atoms with E-state index in [1.54, 1.807) is 24.1 Å². The first kappa shape index (κ1) is 19.0. The zero-order valence-corrected chi connectivity index (χ0v) is 15.9. The van der Waals surface area contributed by atoms with Crippen LogP contribution in [0.25, 0.3) is 0 Å². The Morgan fingerprint density at radius 1 is 1.15 bits per heavy atom. The number of hydrogen-bond acceptors (Lipinski definition) is 3. The number of nitrogens with one attached hydrogen (secondary N) is 1. The van der Waals surface area contributed by atoms with Gasteiger partial charge in [-0.05, 0) is 41.3 Å². The maximum Gasteiger partial charge on any atom is 0.317 e. The molecule has 1 heterocycles. The molecule has 1 unspecified atom stereocenters. The van der Waals surface area contributed by atoms with Crippen molar-refractivity contribution >= 4 is 6.03 Å². The normalized spacial score (nSPS) is 14.0. The molecule has 1 aliphatic heterocycles. The van der Waals surface area contributed by atoms with Crippen molar-refractivity contribution in [2.45, 2.75) is 26.4 Å². The van der Waals surface area contributed by atoms with Gasteiger partial charge in [0.15, 0.2) is 11.5 Å². The van der Waals surface area contributed by atoms with Crippen LogP contribution >= 0.6 is 0 Å². The lowest BCUT2D eigenvalue weighted by Crippen LogP contribution is -2.40. The predicted molar refractivity (Wildman–Crippen MR) is 101 cm³/mol. The summed E-state index contributed by atoms with van der Waals surface area (Å²) < 4.78 is 24.6. The Bertz CT molecular complexity index is 810. The van der Waals surface area contributed by atoms with Gasteiger partial charge in [0.05, 0.1) is 6.04 Å². The molecular formula is C21H25FN2O3. The fraction of sp³-hybridized carbons (Fsp3) is 0.381. The second kappa shape index (κ2) is 8.29. The van der Waals surface area contributed by atoms with Gasteiger partial charge in [0.1, 0.15) is 19.0 Å². The average Bonchev–Trinajstić information content (AvgIpc) is 2.65. The molecule has 1 N–H and O–H groups in total. The number of halogens is 1. The number of fused-ring (bicyclic) bond motifs is 1. The molecule has 0 saturated carbocycles. The lowest BCUT2D eigenvalue weighted by atomic mass is 9.95. The first-order valence-electron chi connectivity index (χ1n) is 9.09. The lowest BCUT2D eigenvalue weighted by molar-refractivity contribution is 0.171. The monoisotopic (exact) mass is 372 g/mol. The summed E-state index contributed by atoms with van der Waals surface area (Å²) in [5.74, 6) is 1.30. The summed E-state index contributed by atoms with van der Waals surface area (Å²) in [7, 11) is 1.70. The van der Waals surface area contributed by atoms with Crippen molar-refractivity contribution in [3.05, 3.63) is 59.4 Å². The van der Waals surface area contributed by atoms with E-state index in [0.717, 1.165) is 16.9 Å². The third-order valence-corrected chi connectivity index (χ3v) is 4.53. The van der Waals surface area contributed by atoms with Gasteiger partial charge in [0, 0.05) is 13.6 Å². The quantitative estimate of drug-likeness (QED) is 0.858. The van der Waals surface area contributed by atoms with Crippen molar-refractivity contribution in [1.82, 2.24) is 10.2 Å². The van der Waals surface area contributed by atoms with Crippen LogP contribution in [0.5, 0.6) is 11.5 Å². The fourth-order valence-electron chi connectivity index (χ4n) is 3.11. The van der Waals surface area contributed by atoms with E-state index in [1.165, 1.54) is 12.1 Å². The largest absolute Gasteiger partial charge is 0.486 e. The molecule has 0 saturated heterocycles. The molecule has 2 amide bonds. The van der Waals surface area contributed by atoms with Crippen LogP contribution in [0, 0.1) is 11.7 Å². The molecule has 1 aliphatic rings. The highest BCUT2D eigenvalue weighted by Crippen LogP contribution is 2.34. The number of carbonyl (C=O) groups excluding carboxylic acids is 1. The van der Waals surface area contributed by atoms with Crippen LogP contribution in [0.15, 0.2) is 42.5 Å². The number of rotatable bonds is 5. The second-order valence-corrected chi connectivity index (χ2v) is 7.06. The molecule has 144 valence electrons. The summed E-state index contributed by atoms with van der Waals surface area (Å²) in [5.41, 5.74) is 1.70. The van der Waals surface area contributed by atoms with E-state index in [2.05, 4.69) is 5.32 Å². The number of amides is 2. The second-order valence-electron chi connectivity index (χ2n) is 7.06. The highest BCUT2D eigenvalue weighted by molar-refractivity contribution is 5.74. The van der Waals surface area contributed by atoms with Gasteiger partial charge in [-0.2, -0.15) is 0 Å². The van der Waals surface area contributed by atoms with E-state index < -0.39 is 0 Å². The van der Waals surface area contributed by atoms with Crippen molar-refractivity contribution in [2.75, 3.05) is 20.3 Å². The smallest absolute Gasteiger partial charge is 0.317 e. The fourth-order valence-corrected chi connectivity index (χ4v) is 3.11. The van der Waals surface area contributed by atoms with Gasteiger partial charge in [-0.15, -0.1) is 0 Å². The Kier molecular flexibility index (Phi) is 5.84. The van der Waals surface area contributed by atoms with Crippen molar-refractivity contribution in [1.29, 1.82) is 0 Å². The average molecular weight is 372 g/mol. The lowest BCUT2D eigenvalue weighted by Gasteiger charge is -2.28. The minimum Gasteiger partial charge on any atom is -0.486 e. The van der Waals surface area contributed by atoms with E-state index in [0.29, 0.717) is 25.5 Å². The van der Waals surface area contributed by atoms with Crippen molar-refractivity contribution in [2.24, 2.45) is 5.92 Å². The van der Waals surface area contributed by atoms with Gasteiger partial charge in [0.2, 0.25) is 0 Å². The molecule has 0 spiro atoms. The SMILES string of the molecule is CC(C)C(NC(=O)N(C)Cc1cccc(F)c1)c1ccc2c(c1)OCCO2. The molecule has 0 fully saturated rings. The molecule has 5 nitrogen and oxygen atoms in total. The standard InChI is InChI=1S/C21H25FN2O3/c1-14(2)20(16-7-8-18-19(12-16)27-10-9-26-18)23-21(25)24(3)13-15-5-4-6-17(22)11-15/h4-8,11-12,14,20H,9-10,13H2,1-3H3,(H,23,25). The number of carbonyl (C=O) groups is 1. The van der Waals surface area contributed by atoms with Crippen molar-refractivity contribution < 1.29 is 18.7 Å². The number of hydrogen-bond donors (Lipinski definition) is 1. The first-order chi connectivity index (χ1) is 12.9. The molecule has 2 aromatic carbocycles. The van der Waals surface area contributed by atoms with Crippen LogP contribution in [0.1, 0.15) is 31.0 Å². The van der Waals surface area contributed by atoms with E-state index in [9.17, 15) is 9.18 Å². The van der Waals surface area contributed by atoms with E-state index in [4.69, 9.17) is 9.47 Å². The Balaban J connectivity index is 1.71. The Hall–Kier alpha value is -2.76. The Morgan fingerprint density at radius 3 is 2.59 bits per heavy atom. The number of benzene rings is 2. The summed E-state index contributed by atoms with van der Waals surface area (Å²) in [4.78, 5) is 14.2.